The van der Waals surface area contributed by atoms with Crippen molar-refractivity contribution in [1.29, 1.82) is 0 Å². The van der Waals surface area contributed by atoms with Crippen LogP contribution in [0, 0.1) is 11.8 Å². The van der Waals surface area contributed by atoms with Crippen LogP contribution in [0.5, 0.6) is 0 Å². The number of rotatable bonds is 24. The maximum absolute atomic E-state index is 11.7. The number of carbonyl (C=O) groups excluding carboxylic acids is 2. The third kappa shape index (κ3) is 26.9. The molecule has 0 aromatic carbocycles. The average Bonchev–Trinajstić information content (AvgIpc) is 2.79. The van der Waals surface area contributed by atoms with Gasteiger partial charge in [0.1, 0.15) is 0 Å². The third-order valence-electron chi connectivity index (χ3n) is 6.20. The zero-order valence-corrected chi connectivity index (χ0v) is 23.1. The summed E-state index contributed by atoms with van der Waals surface area (Å²) in [6, 6.07) is 0. The fourth-order valence-corrected chi connectivity index (χ4v) is 4.01. The lowest BCUT2D eigenvalue weighted by Gasteiger charge is -2.05. The van der Waals surface area contributed by atoms with Crippen LogP contribution in [0.4, 0.5) is 0 Å². The van der Waals surface area contributed by atoms with Gasteiger partial charge in [-0.25, -0.2) is 9.59 Å². The Morgan fingerprint density at radius 2 is 0.735 bits per heavy atom. The molecule has 0 saturated carbocycles. The molecule has 0 aromatic rings. The van der Waals surface area contributed by atoms with E-state index in [1.165, 1.54) is 102 Å². The predicted molar refractivity (Wildman–Crippen MR) is 144 cm³/mol. The van der Waals surface area contributed by atoms with E-state index < -0.39 is 11.9 Å². The molecule has 0 atom stereocenters. The number of ether oxygens (including phenoxy) is 2. The molecule has 0 bridgehead atoms. The summed E-state index contributed by atoms with van der Waals surface area (Å²) in [4.78, 5) is 23.4. The van der Waals surface area contributed by atoms with E-state index in [2.05, 4.69) is 27.7 Å². The van der Waals surface area contributed by atoms with Crippen LogP contribution in [0.25, 0.3) is 0 Å². The van der Waals surface area contributed by atoms with Gasteiger partial charge in [0.05, 0.1) is 13.2 Å². The lowest BCUT2D eigenvalue weighted by Crippen LogP contribution is -2.06. The van der Waals surface area contributed by atoms with Crippen LogP contribution in [0.2, 0.25) is 0 Å². The lowest BCUT2D eigenvalue weighted by molar-refractivity contribution is -0.140. The molecule has 0 heterocycles. The molecule has 0 aromatic heterocycles. The zero-order valence-electron chi connectivity index (χ0n) is 23.1. The molecule has 4 heteroatoms. The van der Waals surface area contributed by atoms with E-state index in [0.717, 1.165) is 37.5 Å². The normalized spacial score (nSPS) is 11.6. The Kier molecular flexibility index (Phi) is 23.8. The molecule has 0 unspecified atom stereocenters. The number of hydrogen-bond donors (Lipinski definition) is 0. The summed E-state index contributed by atoms with van der Waals surface area (Å²) in [6.45, 7) is 9.99. The quantitative estimate of drug-likeness (QED) is 0.0785. The van der Waals surface area contributed by atoms with Crippen molar-refractivity contribution < 1.29 is 19.1 Å². The fraction of sp³-hybridized carbons (Fsp3) is 0.867. The maximum Gasteiger partial charge on any atom is 0.331 e. The van der Waals surface area contributed by atoms with E-state index in [-0.39, 0.29) is 0 Å². The van der Waals surface area contributed by atoms with E-state index in [9.17, 15) is 9.59 Å². The molecule has 0 amide bonds. The molecule has 0 aliphatic heterocycles. The van der Waals surface area contributed by atoms with Crippen molar-refractivity contribution >= 4 is 11.9 Å². The molecule has 4 nitrogen and oxygen atoms in total. The SMILES string of the molecule is CC(C)CCCCCCCCCCOC(=O)/C=C\C(=O)OCCCCCCCCCCC(C)C. The minimum Gasteiger partial charge on any atom is -0.463 e. The summed E-state index contributed by atoms with van der Waals surface area (Å²) in [5, 5.41) is 0. The largest absolute Gasteiger partial charge is 0.463 e. The van der Waals surface area contributed by atoms with Gasteiger partial charge < -0.3 is 9.47 Å². The summed E-state index contributed by atoms with van der Waals surface area (Å²) in [5.41, 5.74) is 0. The molecule has 0 fully saturated rings. The van der Waals surface area contributed by atoms with Crippen LogP contribution in [-0.4, -0.2) is 25.2 Å². The second kappa shape index (κ2) is 24.8. The molecule has 0 rings (SSSR count). The minimum atomic E-state index is -0.463. The van der Waals surface area contributed by atoms with Gasteiger partial charge in [0, 0.05) is 12.2 Å². The lowest BCUT2D eigenvalue weighted by atomic mass is 10.0. The van der Waals surface area contributed by atoms with Crippen LogP contribution < -0.4 is 0 Å². The summed E-state index contributed by atoms with van der Waals surface area (Å²) in [6.07, 6.45) is 24.6. The number of carbonyl (C=O) groups is 2. The van der Waals surface area contributed by atoms with Crippen LogP contribution in [-0.2, 0) is 19.1 Å². The van der Waals surface area contributed by atoms with Crippen molar-refractivity contribution in [2.24, 2.45) is 11.8 Å². The number of hydrogen-bond acceptors (Lipinski definition) is 4. The fourth-order valence-electron chi connectivity index (χ4n) is 4.01. The molecular weight excluding hydrogens is 424 g/mol. The molecule has 200 valence electrons. The van der Waals surface area contributed by atoms with Gasteiger partial charge in [-0.05, 0) is 24.7 Å². The number of esters is 2. The molecular formula is C30H56O4. The van der Waals surface area contributed by atoms with Crippen LogP contribution in [0.1, 0.15) is 143 Å². The van der Waals surface area contributed by atoms with Crippen molar-refractivity contribution in [2.45, 2.75) is 143 Å². The Morgan fingerprint density at radius 3 is 1.03 bits per heavy atom. The van der Waals surface area contributed by atoms with E-state index in [4.69, 9.17) is 9.47 Å². The van der Waals surface area contributed by atoms with E-state index in [0.29, 0.717) is 13.2 Å². The third-order valence-corrected chi connectivity index (χ3v) is 6.20. The molecule has 0 saturated heterocycles. The molecule has 0 aliphatic rings. The Labute approximate surface area is 211 Å². The molecule has 0 radical (unpaired) electrons. The smallest absolute Gasteiger partial charge is 0.331 e. The Hall–Kier alpha value is -1.32. The van der Waals surface area contributed by atoms with E-state index in [1.54, 1.807) is 0 Å². The van der Waals surface area contributed by atoms with Gasteiger partial charge in [0.2, 0.25) is 0 Å². The Morgan fingerprint density at radius 1 is 0.471 bits per heavy atom. The van der Waals surface area contributed by atoms with Gasteiger partial charge in [0.25, 0.3) is 0 Å². The first-order chi connectivity index (χ1) is 16.4. The van der Waals surface area contributed by atoms with Gasteiger partial charge >= 0.3 is 11.9 Å². The summed E-state index contributed by atoms with van der Waals surface area (Å²) in [5.74, 6) is 0.717. The van der Waals surface area contributed by atoms with Crippen molar-refractivity contribution in [3.05, 3.63) is 12.2 Å². The molecule has 0 N–H and O–H groups in total. The second-order valence-electron chi connectivity index (χ2n) is 10.7. The monoisotopic (exact) mass is 480 g/mol. The molecule has 0 aliphatic carbocycles. The Balaban J connectivity index is 3.41. The highest BCUT2D eigenvalue weighted by Crippen LogP contribution is 2.13. The maximum atomic E-state index is 11.7. The van der Waals surface area contributed by atoms with Crippen LogP contribution >= 0.6 is 0 Å². The predicted octanol–water partition coefficient (Wildman–Crippen LogP) is 8.96. The first-order valence-corrected chi connectivity index (χ1v) is 14.4. The average molecular weight is 481 g/mol. The van der Waals surface area contributed by atoms with Crippen LogP contribution in [0.3, 0.4) is 0 Å². The van der Waals surface area contributed by atoms with Crippen molar-refractivity contribution in [2.75, 3.05) is 13.2 Å². The van der Waals surface area contributed by atoms with Crippen molar-refractivity contribution in [3.8, 4) is 0 Å². The highest BCUT2D eigenvalue weighted by atomic mass is 16.5. The number of unbranched alkanes of at least 4 members (excludes halogenated alkanes) is 14. The van der Waals surface area contributed by atoms with E-state index in [1.807, 2.05) is 0 Å². The zero-order chi connectivity index (χ0) is 25.3. The van der Waals surface area contributed by atoms with Gasteiger partial charge in [0.15, 0.2) is 0 Å². The van der Waals surface area contributed by atoms with Gasteiger partial charge in [-0.1, -0.05) is 130 Å². The topological polar surface area (TPSA) is 52.6 Å². The van der Waals surface area contributed by atoms with Gasteiger partial charge in [-0.15, -0.1) is 0 Å². The minimum absolute atomic E-state index is 0.421. The van der Waals surface area contributed by atoms with Crippen LogP contribution in [0.15, 0.2) is 12.2 Å². The van der Waals surface area contributed by atoms with E-state index >= 15 is 0 Å². The first kappa shape index (κ1) is 32.7. The molecule has 0 spiro atoms. The standard InChI is InChI=1S/C30H56O4/c1-27(2)21-17-13-9-5-7-11-15-19-25-33-29(31)23-24-30(32)34-26-20-16-12-8-6-10-14-18-22-28(3)4/h23-24,27-28H,5-22,25-26H2,1-4H3/b24-23-. The first-order valence-electron chi connectivity index (χ1n) is 14.4. The van der Waals surface area contributed by atoms with Gasteiger partial charge in [-0.3, -0.25) is 0 Å². The summed E-state index contributed by atoms with van der Waals surface area (Å²) >= 11 is 0. The Bertz CT molecular complexity index is 452. The van der Waals surface area contributed by atoms with Gasteiger partial charge in [-0.2, -0.15) is 0 Å². The molecule has 34 heavy (non-hydrogen) atoms. The van der Waals surface area contributed by atoms with Crippen molar-refractivity contribution in [3.63, 3.8) is 0 Å². The highest BCUT2D eigenvalue weighted by Gasteiger charge is 2.02. The summed E-state index contributed by atoms with van der Waals surface area (Å²) in [7, 11) is 0. The van der Waals surface area contributed by atoms with Crippen molar-refractivity contribution in [1.82, 2.24) is 0 Å². The highest BCUT2D eigenvalue weighted by molar-refractivity contribution is 5.91. The summed E-state index contributed by atoms with van der Waals surface area (Å²) < 4.78 is 10.3. The second-order valence-corrected chi connectivity index (χ2v) is 10.7.